The first kappa shape index (κ1) is 18.9. The molecule has 1 unspecified atom stereocenters. The number of nitrogens with zero attached hydrogens (tertiary/aromatic N) is 3. The fourth-order valence-electron chi connectivity index (χ4n) is 3.92. The van der Waals surface area contributed by atoms with Gasteiger partial charge in [0.15, 0.2) is 0 Å². The summed E-state index contributed by atoms with van der Waals surface area (Å²) in [5.41, 5.74) is 0.527. The third kappa shape index (κ3) is 3.76. The number of hydrogen-bond donors (Lipinski definition) is 1. The minimum Gasteiger partial charge on any atom is -0.443 e. The highest BCUT2D eigenvalue weighted by Gasteiger charge is 2.33. The summed E-state index contributed by atoms with van der Waals surface area (Å²) < 4.78 is 33.4. The number of carbonyl (C=O) groups is 1. The van der Waals surface area contributed by atoms with Gasteiger partial charge in [0, 0.05) is 37.1 Å². The van der Waals surface area contributed by atoms with Gasteiger partial charge in [-0.2, -0.15) is 5.26 Å². The van der Waals surface area contributed by atoms with Crippen molar-refractivity contribution in [2.75, 3.05) is 26.2 Å². The monoisotopic (exact) mass is 402 g/mol. The van der Waals surface area contributed by atoms with Gasteiger partial charge in [0.2, 0.25) is 11.0 Å². The second-order valence-electron chi connectivity index (χ2n) is 7.32. The molecule has 148 valence electrons. The van der Waals surface area contributed by atoms with Gasteiger partial charge in [-0.3, -0.25) is 9.69 Å². The van der Waals surface area contributed by atoms with E-state index in [1.807, 2.05) is 11.0 Å². The number of benzene rings is 1. The van der Waals surface area contributed by atoms with Crippen LogP contribution in [0.5, 0.6) is 0 Å². The van der Waals surface area contributed by atoms with E-state index >= 15 is 0 Å². The molecule has 28 heavy (non-hydrogen) atoms. The summed E-state index contributed by atoms with van der Waals surface area (Å²) >= 11 is 0. The first-order valence-electron chi connectivity index (χ1n) is 9.38. The van der Waals surface area contributed by atoms with Crippen LogP contribution in [0.15, 0.2) is 39.8 Å². The molecule has 2 aliphatic heterocycles. The van der Waals surface area contributed by atoms with Gasteiger partial charge in [-0.15, -0.1) is 0 Å². The third-order valence-electron chi connectivity index (χ3n) is 5.34. The van der Waals surface area contributed by atoms with Gasteiger partial charge in [0.25, 0.3) is 10.0 Å². The number of amides is 1. The maximum Gasteiger partial charge on any atom is 0.274 e. The Hall–Kier alpha value is -2.41. The van der Waals surface area contributed by atoms with Crippen molar-refractivity contribution in [1.29, 1.82) is 5.26 Å². The van der Waals surface area contributed by atoms with Crippen LogP contribution in [0.1, 0.15) is 19.3 Å². The molecule has 2 aliphatic rings. The molecule has 0 spiro atoms. The summed E-state index contributed by atoms with van der Waals surface area (Å²) in [6, 6.07) is 10.2. The van der Waals surface area contributed by atoms with E-state index in [4.69, 9.17) is 9.68 Å². The van der Waals surface area contributed by atoms with Crippen LogP contribution in [-0.2, 0) is 14.8 Å². The molecule has 4 rings (SSSR count). The van der Waals surface area contributed by atoms with Gasteiger partial charge in [-0.25, -0.2) is 13.1 Å². The molecular formula is C19H22N4O4S. The van der Waals surface area contributed by atoms with Crippen molar-refractivity contribution >= 4 is 26.9 Å². The second kappa shape index (κ2) is 7.54. The van der Waals surface area contributed by atoms with Gasteiger partial charge in [0.05, 0.1) is 12.6 Å². The maximum atomic E-state index is 12.6. The fourth-order valence-corrected chi connectivity index (χ4v) is 5.15. The first-order valence-corrected chi connectivity index (χ1v) is 10.9. The molecule has 8 nitrogen and oxygen atoms in total. The lowest BCUT2D eigenvalue weighted by molar-refractivity contribution is -0.132. The van der Waals surface area contributed by atoms with E-state index in [-0.39, 0.29) is 29.6 Å². The van der Waals surface area contributed by atoms with Gasteiger partial charge in [0.1, 0.15) is 11.6 Å². The standard InChI is InChI=1S/C19H22N4O4S/c20-11-16-5-3-8-23(16)18(24)13-22-9-7-15(12-22)21-28(25,26)19-10-14-4-1-2-6-17(14)27-19/h1-2,4,6,10,15-16,21H,3,5,7-9,12-13H2/t15-,16?/m0/s1. The van der Waals surface area contributed by atoms with Crippen molar-refractivity contribution in [3.63, 3.8) is 0 Å². The number of rotatable bonds is 5. The lowest BCUT2D eigenvalue weighted by Crippen LogP contribution is -2.43. The second-order valence-corrected chi connectivity index (χ2v) is 8.96. The van der Waals surface area contributed by atoms with Crippen molar-refractivity contribution in [1.82, 2.24) is 14.5 Å². The minimum atomic E-state index is -3.77. The maximum absolute atomic E-state index is 12.6. The lowest BCUT2D eigenvalue weighted by Gasteiger charge is -2.23. The number of hydrogen-bond acceptors (Lipinski definition) is 6. The largest absolute Gasteiger partial charge is 0.443 e. The predicted molar refractivity (Wildman–Crippen MR) is 102 cm³/mol. The lowest BCUT2D eigenvalue weighted by atomic mass is 10.2. The average Bonchev–Trinajstić information content (AvgIpc) is 3.40. The van der Waals surface area contributed by atoms with Crippen LogP contribution < -0.4 is 4.72 Å². The normalized spacial score (nSPS) is 23.3. The molecule has 1 aromatic carbocycles. The fraction of sp³-hybridized carbons (Fsp3) is 0.474. The zero-order valence-corrected chi connectivity index (χ0v) is 16.2. The molecular weight excluding hydrogens is 380 g/mol. The summed E-state index contributed by atoms with van der Waals surface area (Å²) in [6.07, 6.45) is 2.19. The topological polar surface area (TPSA) is 107 Å². The summed E-state index contributed by atoms with van der Waals surface area (Å²) in [6.45, 7) is 1.91. The van der Waals surface area contributed by atoms with E-state index in [1.54, 1.807) is 23.1 Å². The molecule has 0 radical (unpaired) electrons. The molecule has 1 aromatic heterocycles. The SMILES string of the molecule is N#CC1CCCN1C(=O)CN1CC[C@H](NS(=O)(=O)c2cc3ccccc3o2)C1. The van der Waals surface area contributed by atoms with E-state index in [9.17, 15) is 13.2 Å². The number of furan rings is 1. The number of carbonyl (C=O) groups excluding carboxylic acids is 1. The van der Waals surface area contributed by atoms with Crippen molar-refractivity contribution in [2.45, 2.75) is 36.4 Å². The van der Waals surface area contributed by atoms with E-state index in [1.165, 1.54) is 6.07 Å². The van der Waals surface area contributed by atoms with E-state index in [2.05, 4.69) is 10.8 Å². The van der Waals surface area contributed by atoms with Crippen molar-refractivity contribution in [2.24, 2.45) is 0 Å². The number of likely N-dealkylation sites (tertiary alicyclic amines) is 2. The quantitative estimate of drug-likeness (QED) is 0.808. The summed E-state index contributed by atoms with van der Waals surface area (Å²) in [4.78, 5) is 16.0. The Morgan fingerprint density at radius 3 is 2.89 bits per heavy atom. The Balaban J connectivity index is 1.36. The van der Waals surface area contributed by atoms with Crippen molar-refractivity contribution in [3.05, 3.63) is 30.3 Å². The highest BCUT2D eigenvalue weighted by Crippen LogP contribution is 2.23. The Labute approximate surface area is 163 Å². The zero-order chi connectivity index (χ0) is 19.7. The summed E-state index contributed by atoms with van der Waals surface area (Å²) in [5.74, 6) is -0.0650. The zero-order valence-electron chi connectivity index (χ0n) is 15.4. The molecule has 9 heteroatoms. The van der Waals surface area contributed by atoms with Gasteiger partial charge in [-0.1, -0.05) is 18.2 Å². The van der Waals surface area contributed by atoms with Gasteiger partial charge in [-0.05, 0) is 25.3 Å². The van der Waals surface area contributed by atoms with Crippen LogP contribution >= 0.6 is 0 Å². The van der Waals surface area contributed by atoms with Crippen LogP contribution in [0.3, 0.4) is 0 Å². The molecule has 0 bridgehead atoms. The molecule has 0 saturated carbocycles. The number of nitrogens with one attached hydrogen (secondary N) is 1. The molecule has 1 amide bonds. The molecule has 2 atom stereocenters. The minimum absolute atomic E-state index is 0.0650. The highest BCUT2D eigenvalue weighted by molar-refractivity contribution is 7.89. The van der Waals surface area contributed by atoms with Crippen LogP contribution in [0.2, 0.25) is 0 Å². The molecule has 2 aromatic rings. The number of sulfonamides is 1. The Bertz CT molecular complexity index is 993. The van der Waals surface area contributed by atoms with Crippen molar-refractivity contribution < 1.29 is 17.6 Å². The van der Waals surface area contributed by atoms with Crippen molar-refractivity contribution in [3.8, 4) is 6.07 Å². The van der Waals surface area contributed by atoms with Gasteiger partial charge >= 0.3 is 0 Å². The van der Waals surface area contributed by atoms with Crippen LogP contribution in [0, 0.1) is 11.3 Å². The average molecular weight is 402 g/mol. The smallest absolute Gasteiger partial charge is 0.274 e. The predicted octanol–water partition coefficient (Wildman–Crippen LogP) is 1.30. The molecule has 0 aliphatic carbocycles. The summed E-state index contributed by atoms with van der Waals surface area (Å²) in [5, 5.41) is 9.77. The van der Waals surface area contributed by atoms with Gasteiger partial charge < -0.3 is 9.32 Å². The number of para-hydroxylation sites is 1. The van der Waals surface area contributed by atoms with E-state index in [0.29, 0.717) is 31.6 Å². The number of nitriles is 1. The first-order chi connectivity index (χ1) is 13.5. The summed E-state index contributed by atoms with van der Waals surface area (Å²) in [7, 11) is -3.77. The third-order valence-corrected chi connectivity index (χ3v) is 6.72. The van der Waals surface area contributed by atoms with Crippen LogP contribution in [0.25, 0.3) is 11.0 Å². The Morgan fingerprint density at radius 1 is 1.29 bits per heavy atom. The molecule has 2 fully saturated rings. The molecule has 1 N–H and O–H groups in total. The molecule has 3 heterocycles. The van der Waals surface area contributed by atoms with Crippen LogP contribution in [0.4, 0.5) is 0 Å². The van der Waals surface area contributed by atoms with E-state index < -0.39 is 10.0 Å². The highest BCUT2D eigenvalue weighted by atomic mass is 32.2. The van der Waals surface area contributed by atoms with Crippen LogP contribution in [-0.4, -0.2) is 62.4 Å². The Kier molecular flexibility index (Phi) is 5.10. The number of fused-ring (bicyclic) bond motifs is 1. The Morgan fingerprint density at radius 2 is 2.11 bits per heavy atom. The molecule has 2 saturated heterocycles. The van der Waals surface area contributed by atoms with E-state index in [0.717, 1.165) is 18.2 Å².